The van der Waals surface area contributed by atoms with Crippen LogP contribution in [0, 0.1) is 0 Å². The molecular weight excluding hydrogens is 473 g/mol. The Morgan fingerprint density at radius 1 is 0.938 bits per heavy atom. The number of nitrogens with zero attached hydrogens (tertiary/aromatic N) is 1. The largest absolute Gasteiger partial charge is 0.350 e. The second kappa shape index (κ2) is 9.53. The minimum atomic E-state index is -0.713. The minimum absolute atomic E-state index is 0.0995. The molecule has 0 radical (unpaired) electrons. The molecule has 0 spiro atoms. The molecule has 1 heterocycles. The van der Waals surface area contributed by atoms with Gasteiger partial charge in [0.25, 0.3) is 17.7 Å². The van der Waals surface area contributed by atoms with E-state index in [1.807, 2.05) is 0 Å². The average Bonchev–Trinajstić information content (AvgIpc) is 2.99. The van der Waals surface area contributed by atoms with Crippen LogP contribution in [-0.2, 0) is 9.59 Å². The first-order chi connectivity index (χ1) is 15.3. The van der Waals surface area contributed by atoms with Crippen LogP contribution in [0.25, 0.3) is 0 Å². The molecule has 0 bridgehead atoms. The third kappa shape index (κ3) is 4.63. The Bertz CT molecular complexity index is 1130. The van der Waals surface area contributed by atoms with Crippen molar-refractivity contribution >= 4 is 63.9 Å². The zero-order valence-corrected chi connectivity index (χ0v) is 19.2. The number of benzene rings is 2. The maximum atomic E-state index is 13.0. The number of hydrogen-bond donors (Lipinski definition) is 2. The predicted molar refractivity (Wildman–Crippen MR) is 126 cm³/mol. The van der Waals surface area contributed by atoms with Gasteiger partial charge >= 0.3 is 0 Å². The highest BCUT2D eigenvalue weighted by molar-refractivity contribution is 6.54. The number of nitrogens with one attached hydrogen (secondary N) is 2. The van der Waals surface area contributed by atoms with Crippen LogP contribution in [0.15, 0.2) is 53.2 Å². The van der Waals surface area contributed by atoms with E-state index in [-0.39, 0.29) is 33.4 Å². The maximum absolute atomic E-state index is 13.0. The second-order valence-corrected chi connectivity index (χ2v) is 8.97. The first-order valence-electron chi connectivity index (χ1n) is 10.3. The van der Waals surface area contributed by atoms with E-state index in [9.17, 15) is 14.4 Å². The molecule has 4 rings (SSSR count). The quantitative estimate of drug-likeness (QED) is 0.541. The molecule has 2 aliphatic rings. The Labute approximate surface area is 200 Å². The Hall–Kier alpha value is -2.54. The van der Waals surface area contributed by atoms with Gasteiger partial charge < -0.3 is 10.6 Å². The summed E-state index contributed by atoms with van der Waals surface area (Å²) in [5, 5.41) is 6.17. The number of imide groups is 1. The van der Waals surface area contributed by atoms with Gasteiger partial charge in [-0.25, -0.2) is 4.90 Å². The van der Waals surface area contributed by atoms with Crippen LogP contribution in [0.1, 0.15) is 42.5 Å². The summed E-state index contributed by atoms with van der Waals surface area (Å²) in [6.07, 6.45) is 5.38. The van der Waals surface area contributed by atoms with Crippen LogP contribution in [0.3, 0.4) is 0 Å². The molecule has 3 amide bonds. The normalized spacial score (nSPS) is 17.2. The highest BCUT2D eigenvalue weighted by atomic mass is 35.5. The minimum Gasteiger partial charge on any atom is -0.350 e. The van der Waals surface area contributed by atoms with Crippen LogP contribution in [0.5, 0.6) is 0 Å². The molecular formula is C23H20Cl3N3O3. The van der Waals surface area contributed by atoms with E-state index in [4.69, 9.17) is 34.8 Å². The van der Waals surface area contributed by atoms with Crippen LogP contribution >= 0.6 is 34.8 Å². The second-order valence-electron chi connectivity index (χ2n) is 7.74. The molecule has 0 unspecified atom stereocenters. The first kappa shape index (κ1) is 22.6. The van der Waals surface area contributed by atoms with Gasteiger partial charge in [-0.2, -0.15) is 0 Å². The fourth-order valence-corrected chi connectivity index (χ4v) is 4.47. The summed E-state index contributed by atoms with van der Waals surface area (Å²) >= 11 is 18.4. The lowest BCUT2D eigenvalue weighted by Gasteiger charge is -2.22. The van der Waals surface area contributed by atoms with Crippen molar-refractivity contribution < 1.29 is 14.4 Å². The van der Waals surface area contributed by atoms with Gasteiger partial charge in [0.1, 0.15) is 10.7 Å². The zero-order valence-electron chi connectivity index (χ0n) is 17.0. The number of hydrogen-bond acceptors (Lipinski definition) is 4. The van der Waals surface area contributed by atoms with Crippen molar-refractivity contribution in [3.63, 3.8) is 0 Å². The molecule has 0 saturated heterocycles. The predicted octanol–water partition coefficient (Wildman–Crippen LogP) is 5.49. The van der Waals surface area contributed by atoms with E-state index in [2.05, 4.69) is 10.6 Å². The Morgan fingerprint density at radius 3 is 2.44 bits per heavy atom. The fourth-order valence-electron chi connectivity index (χ4n) is 3.89. The summed E-state index contributed by atoms with van der Waals surface area (Å²) in [5.41, 5.74) is 0.945. The van der Waals surface area contributed by atoms with Crippen molar-refractivity contribution in [2.24, 2.45) is 0 Å². The van der Waals surface area contributed by atoms with Gasteiger partial charge in [-0.3, -0.25) is 14.4 Å². The third-order valence-corrected chi connectivity index (χ3v) is 6.42. The molecule has 1 aliphatic heterocycles. The van der Waals surface area contributed by atoms with E-state index < -0.39 is 11.8 Å². The molecule has 1 aliphatic carbocycles. The SMILES string of the molecule is O=C(NC1CCCCC1)c1cccc(NC2=C(Cl)C(=O)N(c3cc(Cl)ccc3Cl)C2=O)c1. The molecule has 32 heavy (non-hydrogen) atoms. The molecule has 2 N–H and O–H groups in total. The Balaban J connectivity index is 1.53. The number of rotatable bonds is 5. The number of halogens is 3. The van der Waals surface area contributed by atoms with Crippen LogP contribution in [0.4, 0.5) is 11.4 Å². The zero-order chi connectivity index (χ0) is 22.8. The number of amides is 3. The number of carbonyl (C=O) groups is 3. The summed E-state index contributed by atoms with van der Waals surface area (Å²) in [6, 6.07) is 11.3. The average molecular weight is 493 g/mol. The molecule has 9 heteroatoms. The lowest BCUT2D eigenvalue weighted by Crippen LogP contribution is -2.36. The lowest BCUT2D eigenvalue weighted by atomic mass is 9.95. The summed E-state index contributed by atoms with van der Waals surface area (Å²) in [6.45, 7) is 0. The molecule has 1 saturated carbocycles. The summed E-state index contributed by atoms with van der Waals surface area (Å²) in [4.78, 5) is 39.2. The summed E-state index contributed by atoms with van der Waals surface area (Å²) < 4.78 is 0. The summed E-state index contributed by atoms with van der Waals surface area (Å²) in [7, 11) is 0. The van der Waals surface area contributed by atoms with Gasteiger partial charge in [-0.05, 0) is 49.2 Å². The molecule has 0 aromatic heterocycles. The van der Waals surface area contributed by atoms with Gasteiger partial charge in [0, 0.05) is 22.3 Å². The highest BCUT2D eigenvalue weighted by Crippen LogP contribution is 2.35. The van der Waals surface area contributed by atoms with Gasteiger partial charge in [-0.1, -0.05) is 60.1 Å². The number of anilines is 2. The van der Waals surface area contributed by atoms with Crippen molar-refractivity contribution in [3.05, 3.63) is 68.8 Å². The topological polar surface area (TPSA) is 78.5 Å². The summed E-state index contributed by atoms with van der Waals surface area (Å²) in [5.74, 6) is -1.56. The number of carbonyl (C=O) groups excluding carboxylic acids is 3. The van der Waals surface area contributed by atoms with Crippen LogP contribution in [-0.4, -0.2) is 23.8 Å². The van der Waals surface area contributed by atoms with Gasteiger partial charge in [0.15, 0.2) is 0 Å². The van der Waals surface area contributed by atoms with Crippen LogP contribution in [0.2, 0.25) is 10.0 Å². The van der Waals surface area contributed by atoms with E-state index in [1.165, 1.54) is 18.6 Å². The van der Waals surface area contributed by atoms with Gasteiger partial charge in [0.05, 0.1) is 10.7 Å². The third-order valence-electron chi connectivity index (χ3n) is 5.51. The molecule has 0 atom stereocenters. The molecule has 166 valence electrons. The highest BCUT2D eigenvalue weighted by Gasteiger charge is 2.40. The molecule has 2 aromatic rings. The van der Waals surface area contributed by atoms with Crippen molar-refractivity contribution in [1.29, 1.82) is 0 Å². The van der Waals surface area contributed by atoms with E-state index >= 15 is 0 Å². The van der Waals surface area contributed by atoms with Crippen molar-refractivity contribution in [2.75, 3.05) is 10.2 Å². The smallest absolute Gasteiger partial charge is 0.283 e. The Morgan fingerprint density at radius 2 is 1.69 bits per heavy atom. The standard InChI is InChI=1S/C23H20Cl3N3O3/c24-14-9-10-17(25)18(12-14)29-22(31)19(26)20(23(29)32)27-16-8-4-5-13(11-16)21(30)28-15-6-2-1-3-7-15/h4-5,8-12,15,27H,1-3,6-7H2,(H,28,30). The van der Waals surface area contributed by atoms with Crippen molar-refractivity contribution in [3.8, 4) is 0 Å². The fraction of sp³-hybridized carbons (Fsp3) is 0.261. The van der Waals surface area contributed by atoms with Crippen molar-refractivity contribution in [1.82, 2.24) is 5.32 Å². The van der Waals surface area contributed by atoms with Gasteiger partial charge in [-0.15, -0.1) is 0 Å². The van der Waals surface area contributed by atoms with E-state index in [0.717, 1.165) is 30.6 Å². The lowest BCUT2D eigenvalue weighted by molar-refractivity contribution is -0.120. The molecule has 2 aromatic carbocycles. The molecule has 6 nitrogen and oxygen atoms in total. The van der Waals surface area contributed by atoms with E-state index in [0.29, 0.717) is 16.3 Å². The van der Waals surface area contributed by atoms with Crippen molar-refractivity contribution in [2.45, 2.75) is 38.1 Å². The first-order valence-corrected chi connectivity index (χ1v) is 11.4. The van der Waals surface area contributed by atoms with E-state index in [1.54, 1.807) is 30.3 Å². The molecule has 1 fully saturated rings. The van der Waals surface area contributed by atoms with Gasteiger partial charge in [0.2, 0.25) is 0 Å². The van der Waals surface area contributed by atoms with Crippen LogP contribution < -0.4 is 15.5 Å². The monoisotopic (exact) mass is 491 g/mol. The maximum Gasteiger partial charge on any atom is 0.283 e. The Kier molecular flexibility index (Phi) is 6.74.